The molecule has 0 aliphatic carbocycles. The van der Waals surface area contributed by atoms with Crippen molar-refractivity contribution in [1.82, 2.24) is 14.4 Å². The Hall–Kier alpha value is -4.12. The van der Waals surface area contributed by atoms with Crippen LogP contribution in [0.3, 0.4) is 0 Å². The largest absolute Gasteiger partial charge is 0.353 e. The third kappa shape index (κ3) is 6.30. The maximum Gasteiger partial charge on any atom is 0.254 e. The van der Waals surface area contributed by atoms with E-state index in [0.717, 1.165) is 28.8 Å². The average Bonchev–Trinajstić information content (AvgIpc) is 3.33. The van der Waals surface area contributed by atoms with E-state index < -0.39 is 0 Å². The standard InChI is InChI=1S/C31H33N3O2/c1-3-20-33(31(36)28-18-16-27(17-19-28)26-13-8-5-9-14-26)24-30(35)34(22-25-11-6-4-7-12-25)23-29-15-10-21-32(29)2/h4-19,21H,3,20,22-24H2,1-2H3. The fraction of sp³-hybridized carbons (Fsp3) is 0.226. The number of hydrogen-bond donors (Lipinski definition) is 0. The van der Waals surface area contributed by atoms with Gasteiger partial charge in [-0.25, -0.2) is 0 Å². The van der Waals surface area contributed by atoms with Gasteiger partial charge < -0.3 is 14.4 Å². The first-order chi connectivity index (χ1) is 17.5. The number of carbonyl (C=O) groups is 2. The molecule has 36 heavy (non-hydrogen) atoms. The zero-order valence-electron chi connectivity index (χ0n) is 21.0. The summed E-state index contributed by atoms with van der Waals surface area (Å²) in [5.41, 5.74) is 4.86. The lowest BCUT2D eigenvalue weighted by Gasteiger charge is -2.28. The van der Waals surface area contributed by atoms with E-state index in [1.54, 1.807) is 4.90 Å². The molecule has 5 heteroatoms. The second kappa shape index (κ2) is 12.0. The van der Waals surface area contributed by atoms with Crippen molar-refractivity contribution in [3.8, 4) is 11.1 Å². The number of nitrogens with zero attached hydrogens (tertiary/aromatic N) is 3. The summed E-state index contributed by atoms with van der Waals surface area (Å²) in [6, 6.07) is 31.7. The Labute approximate surface area is 213 Å². The van der Waals surface area contributed by atoms with Gasteiger partial charge in [-0.05, 0) is 47.4 Å². The predicted octanol–water partition coefficient (Wildman–Crippen LogP) is 5.77. The Morgan fingerprint density at radius 3 is 1.97 bits per heavy atom. The van der Waals surface area contributed by atoms with Crippen molar-refractivity contribution in [3.63, 3.8) is 0 Å². The van der Waals surface area contributed by atoms with Crippen LogP contribution < -0.4 is 0 Å². The van der Waals surface area contributed by atoms with Gasteiger partial charge in [0.25, 0.3) is 5.91 Å². The minimum atomic E-state index is -0.122. The van der Waals surface area contributed by atoms with Crippen molar-refractivity contribution < 1.29 is 9.59 Å². The molecular formula is C31H33N3O2. The summed E-state index contributed by atoms with van der Waals surface area (Å²) in [6.07, 6.45) is 2.75. The van der Waals surface area contributed by atoms with Crippen LogP contribution in [0.1, 0.15) is 35.0 Å². The minimum Gasteiger partial charge on any atom is -0.353 e. The van der Waals surface area contributed by atoms with Gasteiger partial charge in [-0.3, -0.25) is 9.59 Å². The van der Waals surface area contributed by atoms with E-state index in [-0.39, 0.29) is 18.4 Å². The third-order valence-electron chi connectivity index (χ3n) is 6.32. The highest BCUT2D eigenvalue weighted by molar-refractivity contribution is 5.97. The second-order valence-electron chi connectivity index (χ2n) is 9.02. The number of carbonyl (C=O) groups excluding carboxylic acids is 2. The average molecular weight is 480 g/mol. The zero-order valence-corrected chi connectivity index (χ0v) is 21.0. The van der Waals surface area contributed by atoms with Gasteiger partial charge in [-0.2, -0.15) is 0 Å². The van der Waals surface area contributed by atoms with Gasteiger partial charge in [0.15, 0.2) is 0 Å². The summed E-state index contributed by atoms with van der Waals surface area (Å²) >= 11 is 0. The smallest absolute Gasteiger partial charge is 0.254 e. The molecule has 184 valence electrons. The first-order valence-corrected chi connectivity index (χ1v) is 12.4. The van der Waals surface area contributed by atoms with Crippen molar-refractivity contribution in [3.05, 3.63) is 120 Å². The molecule has 0 bridgehead atoms. The third-order valence-corrected chi connectivity index (χ3v) is 6.32. The fourth-order valence-corrected chi connectivity index (χ4v) is 4.30. The molecule has 0 aliphatic heterocycles. The quantitative estimate of drug-likeness (QED) is 0.290. The van der Waals surface area contributed by atoms with E-state index >= 15 is 0 Å². The molecule has 4 rings (SSSR count). The zero-order chi connectivity index (χ0) is 25.3. The molecule has 1 heterocycles. The number of aryl methyl sites for hydroxylation is 1. The molecule has 0 spiro atoms. The van der Waals surface area contributed by atoms with Crippen LogP contribution in [0.15, 0.2) is 103 Å². The van der Waals surface area contributed by atoms with Crippen LogP contribution >= 0.6 is 0 Å². The molecule has 0 unspecified atom stereocenters. The lowest BCUT2D eigenvalue weighted by Crippen LogP contribution is -2.43. The second-order valence-corrected chi connectivity index (χ2v) is 9.02. The summed E-state index contributed by atoms with van der Waals surface area (Å²) in [4.78, 5) is 30.5. The van der Waals surface area contributed by atoms with Crippen LogP contribution in [0.2, 0.25) is 0 Å². The highest BCUT2D eigenvalue weighted by Crippen LogP contribution is 2.20. The van der Waals surface area contributed by atoms with Crippen LogP contribution in [-0.4, -0.2) is 39.3 Å². The molecule has 0 aliphatic rings. The van der Waals surface area contributed by atoms with Crippen LogP contribution in [-0.2, 0) is 24.9 Å². The van der Waals surface area contributed by atoms with Crippen LogP contribution in [0.25, 0.3) is 11.1 Å². The molecule has 1 aromatic heterocycles. The van der Waals surface area contributed by atoms with Crippen molar-refractivity contribution in [2.45, 2.75) is 26.4 Å². The fourth-order valence-electron chi connectivity index (χ4n) is 4.30. The molecule has 2 amide bonds. The van der Waals surface area contributed by atoms with E-state index in [0.29, 0.717) is 25.2 Å². The maximum absolute atomic E-state index is 13.6. The first kappa shape index (κ1) is 25.0. The highest BCUT2D eigenvalue weighted by atomic mass is 16.2. The van der Waals surface area contributed by atoms with Gasteiger partial charge in [0.2, 0.25) is 5.91 Å². The summed E-state index contributed by atoms with van der Waals surface area (Å²) in [5, 5.41) is 0. The van der Waals surface area contributed by atoms with Gasteiger partial charge in [0.05, 0.1) is 6.54 Å². The van der Waals surface area contributed by atoms with Crippen LogP contribution in [0.5, 0.6) is 0 Å². The number of rotatable bonds is 10. The van der Waals surface area contributed by atoms with E-state index in [4.69, 9.17) is 0 Å². The molecule has 0 radical (unpaired) electrons. The van der Waals surface area contributed by atoms with E-state index in [9.17, 15) is 9.59 Å². The lowest BCUT2D eigenvalue weighted by molar-refractivity contribution is -0.133. The van der Waals surface area contributed by atoms with Crippen LogP contribution in [0.4, 0.5) is 0 Å². The molecule has 0 fully saturated rings. The number of benzene rings is 3. The molecule has 0 saturated carbocycles. The number of amides is 2. The lowest BCUT2D eigenvalue weighted by atomic mass is 10.0. The summed E-state index contributed by atoms with van der Waals surface area (Å²) in [5.74, 6) is -0.189. The summed E-state index contributed by atoms with van der Waals surface area (Å²) < 4.78 is 2.02. The van der Waals surface area contributed by atoms with Gasteiger partial charge in [-0.15, -0.1) is 0 Å². The molecule has 0 N–H and O–H groups in total. The molecular weight excluding hydrogens is 446 g/mol. The Bertz CT molecular complexity index is 1260. The van der Waals surface area contributed by atoms with E-state index in [2.05, 4.69) is 0 Å². The van der Waals surface area contributed by atoms with Crippen molar-refractivity contribution in [2.75, 3.05) is 13.1 Å². The molecule has 5 nitrogen and oxygen atoms in total. The monoisotopic (exact) mass is 479 g/mol. The Morgan fingerprint density at radius 2 is 1.36 bits per heavy atom. The molecule has 0 atom stereocenters. The first-order valence-electron chi connectivity index (χ1n) is 12.4. The van der Waals surface area contributed by atoms with E-state index in [1.807, 2.05) is 127 Å². The number of hydrogen-bond acceptors (Lipinski definition) is 2. The number of aromatic nitrogens is 1. The highest BCUT2D eigenvalue weighted by Gasteiger charge is 2.23. The summed E-state index contributed by atoms with van der Waals surface area (Å²) in [7, 11) is 1.98. The van der Waals surface area contributed by atoms with Gasteiger partial charge in [0, 0.05) is 37.6 Å². The predicted molar refractivity (Wildman–Crippen MR) is 144 cm³/mol. The van der Waals surface area contributed by atoms with Crippen molar-refractivity contribution in [1.29, 1.82) is 0 Å². The Morgan fingerprint density at radius 1 is 0.722 bits per heavy atom. The van der Waals surface area contributed by atoms with Crippen molar-refractivity contribution >= 4 is 11.8 Å². The normalized spacial score (nSPS) is 10.7. The maximum atomic E-state index is 13.6. The van der Waals surface area contributed by atoms with Crippen molar-refractivity contribution in [2.24, 2.45) is 7.05 Å². The molecule has 0 saturated heterocycles. The molecule has 3 aromatic carbocycles. The van der Waals surface area contributed by atoms with Crippen LogP contribution in [0, 0.1) is 0 Å². The van der Waals surface area contributed by atoms with Gasteiger partial charge >= 0.3 is 0 Å². The summed E-state index contributed by atoms with van der Waals surface area (Å²) in [6.45, 7) is 3.57. The van der Waals surface area contributed by atoms with Gasteiger partial charge in [-0.1, -0.05) is 79.7 Å². The SMILES string of the molecule is CCCN(CC(=O)N(Cc1ccccc1)Cc1cccn1C)C(=O)c1ccc(-c2ccccc2)cc1. The van der Waals surface area contributed by atoms with Gasteiger partial charge in [0.1, 0.15) is 6.54 Å². The molecule has 4 aromatic rings. The van der Waals surface area contributed by atoms with E-state index in [1.165, 1.54) is 0 Å². The topological polar surface area (TPSA) is 45.6 Å². The Kier molecular flexibility index (Phi) is 8.35. The Balaban J connectivity index is 1.51. The minimum absolute atomic E-state index is 0.0460.